The minimum Gasteiger partial charge on any atom is -0.477 e. The van der Waals surface area contributed by atoms with Crippen molar-refractivity contribution in [2.45, 2.75) is 12.8 Å². The van der Waals surface area contributed by atoms with Gasteiger partial charge < -0.3 is 14.6 Å². The SMILES string of the molecule is CN1CCC=C(Cc2c(C(=O)O)n(C)c3ccccc23)C1. The van der Waals surface area contributed by atoms with Crippen molar-refractivity contribution in [1.29, 1.82) is 0 Å². The maximum atomic E-state index is 11.7. The molecule has 0 atom stereocenters. The maximum Gasteiger partial charge on any atom is 0.352 e. The van der Waals surface area contributed by atoms with Gasteiger partial charge in [-0.25, -0.2) is 4.79 Å². The van der Waals surface area contributed by atoms with Crippen molar-refractivity contribution in [2.75, 3.05) is 20.1 Å². The lowest BCUT2D eigenvalue weighted by molar-refractivity contribution is 0.0686. The Bertz CT molecular complexity index is 728. The second kappa shape index (κ2) is 5.37. The van der Waals surface area contributed by atoms with E-state index in [-0.39, 0.29) is 0 Å². The number of para-hydroxylation sites is 1. The summed E-state index contributed by atoms with van der Waals surface area (Å²) in [6.07, 6.45) is 4.01. The standard InChI is InChI=1S/C17H20N2O2/c1-18-9-5-6-12(11-18)10-14-13-7-3-4-8-15(13)19(2)16(14)17(20)21/h3-4,6-8H,5,9-11H2,1-2H3,(H,20,21). The van der Waals surface area contributed by atoms with Crippen LogP contribution in [-0.2, 0) is 13.5 Å². The summed E-state index contributed by atoms with van der Waals surface area (Å²) in [5, 5.41) is 10.6. The number of benzene rings is 1. The van der Waals surface area contributed by atoms with Crippen LogP contribution in [0.3, 0.4) is 0 Å². The van der Waals surface area contributed by atoms with Crippen LogP contribution in [0.15, 0.2) is 35.9 Å². The number of carbonyl (C=O) groups is 1. The fourth-order valence-electron chi connectivity index (χ4n) is 3.26. The topological polar surface area (TPSA) is 45.5 Å². The molecule has 0 saturated heterocycles. The largest absolute Gasteiger partial charge is 0.477 e. The van der Waals surface area contributed by atoms with E-state index in [0.29, 0.717) is 12.1 Å². The fraction of sp³-hybridized carbons (Fsp3) is 0.353. The zero-order chi connectivity index (χ0) is 15.0. The van der Waals surface area contributed by atoms with Crippen LogP contribution in [0.2, 0.25) is 0 Å². The van der Waals surface area contributed by atoms with Gasteiger partial charge >= 0.3 is 5.97 Å². The molecule has 110 valence electrons. The molecule has 2 heterocycles. The third-order valence-electron chi connectivity index (χ3n) is 4.24. The lowest BCUT2D eigenvalue weighted by atomic mass is 9.98. The molecule has 0 spiro atoms. The van der Waals surface area contributed by atoms with Gasteiger partial charge in [0.1, 0.15) is 5.69 Å². The van der Waals surface area contributed by atoms with E-state index in [9.17, 15) is 9.90 Å². The first-order valence-corrected chi connectivity index (χ1v) is 7.24. The molecule has 1 aliphatic rings. The van der Waals surface area contributed by atoms with Gasteiger partial charge in [-0.2, -0.15) is 0 Å². The summed E-state index contributed by atoms with van der Waals surface area (Å²) < 4.78 is 1.79. The average Bonchev–Trinajstić information content (AvgIpc) is 2.73. The minimum absolute atomic E-state index is 0.408. The number of fused-ring (bicyclic) bond motifs is 1. The first-order valence-electron chi connectivity index (χ1n) is 7.24. The van der Waals surface area contributed by atoms with Gasteiger partial charge in [0.15, 0.2) is 0 Å². The van der Waals surface area contributed by atoms with Crippen LogP contribution in [-0.4, -0.2) is 40.7 Å². The Morgan fingerprint density at radius 3 is 2.76 bits per heavy atom. The maximum absolute atomic E-state index is 11.7. The van der Waals surface area contributed by atoms with Crippen molar-refractivity contribution in [3.05, 3.63) is 47.2 Å². The first-order chi connectivity index (χ1) is 10.1. The third-order valence-corrected chi connectivity index (χ3v) is 4.24. The van der Waals surface area contributed by atoms with Crippen molar-refractivity contribution < 1.29 is 9.90 Å². The second-order valence-electron chi connectivity index (χ2n) is 5.77. The number of hydrogen-bond donors (Lipinski definition) is 1. The Balaban J connectivity index is 2.10. The Hall–Kier alpha value is -2.07. The Kier molecular flexibility index (Phi) is 3.55. The summed E-state index contributed by atoms with van der Waals surface area (Å²) in [7, 11) is 3.94. The van der Waals surface area contributed by atoms with Crippen LogP contribution in [0.5, 0.6) is 0 Å². The van der Waals surface area contributed by atoms with Crippen LogP contribution >= 0.6 is 0 Å². The number of rotatable bonds is 3. The number of likely N-dealkylation sites (N-methyl/N-ethyl adjacent to an activating group) is 1. The number of aryl methyl sites for hydroxylation is 1. The highest BCUT2D eigenvalue weighted by molar-refractivity contribution is 5.98. The smallest absolute Gasteiger partial charge is 0.352 e. The highest BCUT2D eigenvalue weighted by Gasteiger charge is 2.21. The van der Waals surface area contributed by atoms with E-state index in [1.54, 1.807) is 4.57 Å². The predicted octanol–water partition coefficient (Wildman–Crippen LogP) is 2.68. The molecule has 1 N–H and O–H groups in total. The quantitative estimate of drug-likeness (QED) is 0.881. The molecule has 4 heteroatoms. The van der Waals surface area contributed by atoms with Gasteiger partial charge in [0.25, 0.3) is 0 Å². The van der Waals surface area contributed by atoms with E-state index in [1.807, 2.05) is 31.3 Å². The number of hydrogen-bond acceptors (Lipinski definition) is 2. The van der Waals surface area contributed by atoms with Gasteiger partial charge in [0.05, 0.1) is 0 Å². The number of nitrogens with zero attached hydrogens (tertiary/aromatic N) is 2. The molecule has 1 aliphatic heterocycles. The van der Waals surface area contributed by atoms with Crippen molar-refractivity contribution in [3.8, 4) is 0 Å². The summed E-state index contributed by atoms with van der Waals surface area (Å²) >= 11 is 0. The van der Waals surface area contributed by atoms with Crippen LogP contribution in [0, 0.1) is 0 Å². The summed E-state index contributed by atoms with van der Waals surface area (Å²) in [5.74, 6) is -0.853. The molecule has 3 rings (SSSR count). The summed E-state index contributed by atoms with van der Waals surface area (Å²) in [5.41, 5.74) is 3.63. The van der Waals surface area contributed by atoms with Gasteiger partial charge in [0, 0.05) is 31.0 Å². The average molecular weight is 284 g/mol. The minimum atomic E-state index is -0.853. The second-order valence-corrected chi connectivity index (χ2v) is 5.77. The molecular formula is C17H20N2O2. The number of carboxylic acids is 1. The summed E-state index contributed by atoms with van der Waals surface area (Å²) in [6, 6.07) is 7.92. The fourth-order valence-corrected chi connectivity index (χ4v) is 3.26. The molecule has 1 aromatic heterocycles. The van der Waals surface area contributed by atoms with Gasteiger partial charge in [-0.3, -0.25) is 0 Å². The Morgan fingerprint density at radius 2 is 2.05 bits per heavy atom. The van der Waals surface area contributed by atoms with Crippen LogP contribution in [0.4, 0.5) is 0 Å². The molecule has 1 aromatic carbocycles. The van der Waals surface area contributed by atoms with Gasteiger partial charge in [0.2, 0.25) is 0 Å². The van der Waals surface area contributed by atoms with Crippen molar-refractivity contribution in [1.82, 2.24) is 9.47 Å². The van der Waals surface area contributed by atoms with Crippen molar-refractivity contribution >= 4 is 16.9 Å². The van der Waals surface area contributed by atoms with E-state index in [2.05, 4.69) is 18.0 Å². The van der Waals surface area contributed by atoms with E-state index in [1.165, 1.54) is 5.57 Å². The highest BCUT2D eigenvalue weighted by Crippen LogP contribution is 2.28. The Labute approximate surface area is 124 Å². The lowest BCUT2D eigenvalue weighted by Crippen LogP contribution is -2.26. The number of aromatic nitrogens is 1. The van der Waals surface area contributed by atoms with E-state index in [4.69, 9.17) is 0 Å². The molecule has 0 fully saturated rings. The molecule has 21 heavy (non-hydrogen) atoms. The van der Waals surface area contributed by atoms with Crippen LogP contribution < -0.4 is 0 Å². The van der Waals surface area contributed by atoms with Gasteiger partial charge in [-0.15, -0.1) is 0 Å². The molecule has 0 unspecified atom stereocenters. The van der Waals surface area contributed by atoms with Crippen molar-refractivity contribution in [2.24, 2.45) is 7.05 Å². The Morgan fingerprint density at radius 1 is 1.29 bits per heavy atom. The molecule has 0 saturated carbocycles. The molecule has 0 aliphatic carbocycles. The number of carboxylic acid groups (broad SMARTS) is 1. The molecule has 0 amide bonds. The zero-order valence-corrected chi connectivity index (χ0v) is 12.5. The number of aromatic carboxylic acids is 1. The molecular weight excluding hydrogens is 264 g/mol. The highest BCUT2D eigenvalue weighted by atomic mass is 16.4. The third kappa shape index (κ3) is 2.47. The normalized spacial score (nSPS) is 16.2. The summed E-state index contributed by atoms with van der Waals surface area (Å²) in [6.45, 7) is 1.99. The van der Waals surface area contributed by atoms with E-state index >= 15 is 0 Å². The van der Waals surface area contributed by atoms with Crippen LogP contribution in [0.1, 0.15) is 22.5 Å². The molecule has 4 nitrogen and oxygen atoms in total. The lowest BCUT2D eigenvalue weighted by Gasteiger charge is -2.23. The van der Waals surface area contributed by atoms with E-state index in [0.717, 1.165) is 36.0 Å². The monoisotopic (exact) mass is 284 g/mol. The van der Waals surface area contributed by atoms with Crippen LogP contribution in [0.25, 0.3) is 10.9 Å². The van der Waals surface area contributed by atoms with Crippen molar-refractivity contribution in [3.63, 3.8) is 0 Å². The predicted molar refractivity (Wildman–Crippen MR) is 83.8 cm³/mol. The van der Waals surface area contributed by atoms with Gasteiger partial charge in [-0.1, -0.05) is 29.8 Å². The molecule has 0 radical (unpaired) electrons. The molecule has 2 aromatic rings. The first kappa shape index (κ1) is 13.9. The molecule has 0 bridgehead atoms. The van der Waals surface area contributed by atoms with Gasteiger partial charge in [-0.05, 0) is 31.5 Å². The van der Waals surface area contributed by atoms with E-state index < -0.39 is 5.97 Å². The zero-order valence-electron chi connectivity index (χ0n) is 12.5. The summed E-state index contributed by atoms with van der Waals surface area (Å²) in [4.78, 5) is 13.9.